The fraction of sp³-hybridized carbons (Fsp3) is 0.423. The zero-order valence-corrected chi connectivity index (χ0v) is 18.8. The van der Waals surface area contributed by atoms with Crippen LogP contribution in [0.4, 0.5) is 0 Å². The van der Waals surface area contributed by atoms with E-state index >= 15 is 0 Å². The number of carbonyl (C=O) groups is 1. The van der Waals surface area contributed by atoms with Gasteiger partial charge in [-0.25, -0.2) is 0 Å². The zero-order chi connectivity index (χ0) is 22.4. The van der Waals surface area contributed by atoms with Crippen molar-refractivity contribution in [2.24, 2.45) is 5.92 Å². The number of carbonyl (C=O) groups excluding carboxylic acids is 1. The van der Waals surface area contributed by atoms with Crippen molar-refractivity contribution >= 4 is 5.78 Å². The molecule has 0 aliphatic carbocycles. The van der Waals surface area contributed by atoms with Gasteiger partial charge in [-0.2, -0.15) is 0 Å². The Bertz CT molecular complexity index is 964. The fourth-order valence-electron chi connectivity index (χ4n) is 3.81. The van der Waals surface area contributed by atoms with E-state index in [1.807, 2.05) is 12.1 Å². The summed E-state index contributed by atoms with van der Waals surface area (Å²) in [6.07, 6.45) is 1.88. The van der Waals surface area contributed by atoms with Gasteiger partial charge in [0.25, 0.3) is 0 Å². The van der Waals surface area contributed by atoms with Crippen LogP contribution in [0, 0.1) is 17.8 Å². The van der Waals surface area contributed by atoms with Crippen molar-refractivity contribution in [2.45, 2.75) is 38.8 Å². The van der Waals surface area contributed by atoms with Crippen molar-refractivity contribution in [3.63, 3.8) is 0 Å². The van der Waals surface area contributed by atoms with Gasteiger partial charge < -0.3 is 14.6 Å². The van der Waals surface area contributed by atoms with E-state index in [4.69, 9.17) is 9.47 Å². The Hall–Kier alpha value is -2.81. The second-order valence-corrected chi connectivity index (χ2v) is 8.51. The van der Waals surface area contributed by atoms with Crippen molar-refractivity contribution in [1.82, 2.24) is 4.90 Å². The Morgan fingerprint density at radius 3 is 2.55 bits per heavy atom. The lowest BCUT2D eigenvalue weighted by molar-refractivity contribution is 0.0808. The highest BCUT2D eigenvalue weighted by atomic mass is 16.5. The summed E-state index contributed by atoms with van der Waals surface area (Å²) in [6.45, 7) is 5.84. The molecule has 0 radical (unpaired) electrons. The normalized spacial score (nSPS) is 16.9. The van der Waals surface area contributed by atoms with E-state index in [1.165, 1.54) is 5.56 Å². The van der Waals surface area contributed by atoms with Gasteiger partial charge in [0, 0.05) is 30.6 Å². The summed E-state index contributed by atoms with van der Waals surface area (Å²) in [7, 11) is 3.18. The molecule has 5 nitrogen and oxygen atoms in total. The first-order valence-corrected chi connectivity index (χ1v) is 10.6. The molecule has 1 heterocycles. The third kappa shape index (κ3) is 6.33. The van der Waals surface area contributed by atoms with Crippen LogP contribution in [0.5, 0.6) is 11.5 Å². The Kier molecular flexibility index (Phi) is 7.37. The van der Waals surface area contributed by atoms with Crippen LogP contribution in [0.2, 0.25) is 0 Å². The van der Waals surface area contributed by atoms with Crippen LogP contribution in [0.15, 0.2) is 42.5 Å². The summed E-state index contributed by atoms with van der Waals surface area (Å²) in [5.41, 5.74) is 1.68. The second-order valence-electron chi connectivity index (χ2n) is 8.51. The molecule has 0 bridgehead atoms. The van der Waals surface area contributed by atoms with E-state index in [0.717, 1.165) is 38.0 Å². The van der Waals surface area contributed by atoms with Gasteiger partial charge in [0.1, 0.15) is 17.1 Å². The molecule has 2 aromatic rings. The van der Waals surface area contributed by atoms with Gasteiger partial charge in [0.2, 0.25) is 0 Å². The lowest BCUT2D eigenvalue weighted by atomic mass is 9.89. The smallest absolute Gasteiger partial charge is 0.170 e. The van der Waals surface area contributed by atoms with Crippen LogP contribution in [0.3, 0.4) is 0 Å². The first-order valence-electron chi connectivity index (χ1n) is 10.6. The number of aliphatic hydroxyl groups is 1. The molecule has 2 aromatic carbocycles. The van der Waals surface area contributed by atoms with Crippen LogP contribution in [-0.4, -0.2) is 48.7 Å². The summed E-state index contributed by atoms with van der Waals surface area (Å²) < 4.78 is 10.7. The molecule has 3 rings (SSSR count). The molecule has 1 aliphatic heterocycles. The van der Waals surface area contributed by atoms with Crippen molar-refractivity contribution in [1.29, 1.82) is 0 Å². The molecule has 0 aromatic heterocycles. The molecule has 1 N–H and O–H groups in total. The topological polar surface area (TPSA) is 59.0 Å². The number of rotatable bonds is 6. The molecule has 0 saturated carbocycles. The maximum atomic E-state index is 13.2. The van der Waals surface area contributed by atoms with Gasteiger partial charge in [-0.1, -0.05) is 24.0 Å². The lowest BCUT2D eigenvalue weighted by Crippen LogP contribution is -2.38. The largest absolute Gasteiger partial charge is 0.497 e. The second kappa shape index (κ2) is 10.00. The summed E-state index contributed by atoms with van der Waals surface area (Å²) >= 11 is 0. The standard InChI is InChI=1S/C26H31NO4/c1-26(2,29)14-13-19-7-9-20(10-8-19)17-27-15-5-6-21(18-27)25(28)23-12-11-22(30-3)16-24(23)31-4/h7-12,16,21,29H,5-6,15,17-18H2,1-4H3/t21-/m0/s1. The molecule has 1 saturated heterocycles. The molecule has 164 valence electrons. The van der Waals surface area contributed by atoms with E-state index in [0.29, 0.717) is 17.1 Å². The molecule has 1 fully saturated rings. The Balaban J connectivity index is 1.65. The Labute approximate surface area is 185 Å². The third-order valence-electron chi connectivity index (χ3n) is 5.42. The monoisotopic (exact) mass is 421 g/mol. The number of hydrogen-bond donors (Lipinski definition) is 1. The molecule has 0 spiro atoms. The highest BCUT2D eigenvalue weighted by Gasteiger charge is 2.28. The summed E-state index contributed by atoms with van der Waals surface area (Å²) in [5, 5.41) is 9.74. The molecular weight excluding hydrogens is 390 g/mol. The molecule has 1 atom stereocenters. The Morgan fingerprint density at radius 1 is 1.16 bits per heavy atom. The Morgan fingerprint density at radius 2 is 1.90 bits per heavy atom. The molecule has 0 unspecified atom stereocenters. The number of benzene rings is 2. The van der Waals surface area contributed by atoms with E-state index in [2.05, 4.69) is 28.9 Å². The highest BCUT2D eigenvalue weighted by molar-refractivity contribution is 6.00. The average Bonchev–Trinajstić information content (AvgIpc) is 2.77. The van der Waals surface area contributed by atoms with Crippen LogP contribution in [0.1, 0.15) is 48.2 Å². The number of piperidine rings is 1. The predicted octanol–water partition coefficient (Wildman–Crippen LogP) is 3.92. The summed E-state index contributed by atoms with van der Waals surface area (Å²) in [5.74, 6) is 7.14. The van der Waals surface area contributed by atoms with E-state index in [9.17, 15) is 9.90 Å². The summed E-state index contributed by atoms with van der Waals surface area (Å²) in [4.78, 5) is 15.5. The van der Waals surface area contributed by atoms with E-state index in [-0.39, 0.29) is 11.7 Å². The minimum atomic E-state index is -0.999. The maximum Gasteiger partial charge on any atom is 0.170 e. The number of hydrogen-bond acceptors (Lipinski definition) is 5. The first kappa shape index (κ1) is 22.9. The van der Waals surface area contributed by atoms with Crippen LogP contribution < -0.4 is 9.47 Å². The van der Waals surface area contributed by atoms with Crippen LogP contribution >= 0.6 is 0 Å². The molecule has 31 heavy (non-hydrogen) atoms. The molecule has 5 heteroatoms. The third-order valence-corrected chi connectivity index (χ3v) is 5.42. The maximum absolute atomic E-state index is 13.2. The van der Waals surface area contributed by atoms with Crippen LogP contribution in [-0.2, 0) is 6.54 Å². The van der Waals surface area contributed by atoms with Crippen molar-refractivity contribution in [3.05, 3.63) is 59.2 Å². The minimum absolute atomic E-state index is 0.0482. The highest BCUT2D eigenvalue weighted by Crippen LogP contribution is 2.30. The lowest BCUT2D eigenvalue weighted by Gasteiger charge is -2.32. The van der Waals surface area contributed by atoms with Gasteiger partial charge in [0.05, 0.1) is 19.8 Å². The van der Waals surface area contributed by atoms with Crippen molar-refractivity contribution < 1.29 is 19.4 Å². The quantitative estimate of drug-likeness (QED) is 0.566. The van der Waals surface area contributed by atoms with E-state index < -0.39 is 5.60 Å². The molecule has 0 amide bonds. The van der Waals surface area contributed by atoms with Gasteiger partial charge in [0.15, 0.2) is 5.78 Å². The summed E-state index contributed by atoms with van der Waals surface area (Å²) in [6, 6.07) is 13.4. The predicted molar refractivity (Wildman–Crippen MR) is 121 cm³/mol. The minimum Gasteiger partial charge on any atom is -0.497 e. The number of ether oxygens (including phenoxy) is 2. The van der Waals surface area contributed by atoms with Crippen molar-refractivity contribution in [2.75, 3.05) is 27.3 Å². The van der Waals surface area contributed by atoms with Gasteiger partial charge in [-0.3, -0.25) is 9.69 Å². The zero-order valence-electron chi connectivity index (χ0n) is 18.8. The van der Waals surface area contributed by atoms with Crippen LogP contribution in [0.25, 0.3) is 0 Å². The molecular formula is C26H31NO4. The van der Waals surface area contributed by atoms with Gasteiger partial charge in [-0.15, -0.1) is 0 Å². The fourth-order valence-corrected chi connectivity index (χ4v) is 3.81. The van der Waals surface area contributed by atoms with Gasteiger partial charge in [-0.05, 0) is 63.1 Å². The van der Waals surface area contributed by atoms with Crippen molar-refractivity contribution in [3.8, 4) is 23.3 Å². The molecule has 1 aliphatic rings. The number of likely N-dealkylation sites (tertiary alicyclic amines) is 1. The number of Topliss-reactive ketones (excluding diaryl/α,β-unsaturated/α-hetero) is 1. The van der Waals surface area contributed by atoms with E-state index in [1.54, 1.807) is 46.3 Å². The number of ketones is 1. The average molecular weight is 422 g/mol. The van der Waals surface area contributed by atoms with Gasteiger partial charge >= 0.3 is 0 Å². The number of methoxy groups -OCH3 is 2. The SMILES string of the molecule is COc1ccc(C(=O)[C@H]2CCCN(Cc3ccc(C#CC(C)(C)O)cc3)C2)c(OC)c1. The first-order chi connectivity index (χ1) is 14.8. The number of nitrogens with zero attached hydrogens (tertiary/aromatic N) is 1.